The molecular weight excluding hydrogens is 524 g/mol. The first-order chi connectivity index (χ1) is 19.0. The predicted octanol–water partition coefficient (Wildman–Crippen LogP) is 5.49. The minimum Gasteiger partial charge on any atom is -0.477 e. The molecular formula is C31H40N4O4S. The number of carbonyl (C=O) groups is 3. The summed E-state index contributed by atoms with van der Waals surface area (Å²) >= 11 is 1.15. The first-order valence-corrected chi connectivity index (χ1v) is 15.1. The molecule has 0 spiro atoms. The molecule has 3 heterocycles. The number of amides is 2. The van der Waals surface area contributed by atoms with Gasteiger partial charge in [-0.2, -0.15) is 0 Å². The zero-order valence-electron chi connectivity index (χ0n) is 24.0. The molecule has 4 rings (SSSR count). The lowest BCUT2D eigenvalue weighted by atomic mass is 9.82. The molecule has 1 N–H and O–H groups in total. The molecule has 214 valence electrons. The molecule has 0 bridgehead atoms. The molecule has 2 fully saturated rings. The fourth-order valence-corrected chi connectivity index (χ4v) is 6.42. The number of carboxylic acid groups (broad SMARTS) is 1. The lowest BCUT2D eigenvalue weighted by Crippen LogP contribution is -2.45. The van der Waals surface area contributed by atoms with Crippen molar-refractivity contribution >= 4 is 29.5 Å². The van der Waals surface area contributed by atoms with Crippen molar-refractivity contribution in [2.45, 2.75) is 85.1 Å². The predicted molar refractivity (Wildman–Crippen MR) is 156 cm³/mol. The fraction of sp³-hybridized carbons (Fsp3) is 0.581. The molecule has 40 heavy (non-hydrogen) atoms. The SMILES string of the molecule is CC1CCC(C(=O)N(C2=C(C(=O)O)SC(C#CC(C)(C)C)=CC2)C2CCCN(C(=O)c3cnccn3)CC2)CC1. The van der Waals surface area contributed by atoms with Crippen LogP contribution in [-0.4, -0.2) is 61.8 Å². The van der Waals surface area contributed by atoms with Crippen molar-refractivity contribution < 1.29 is 19.5 Å². The molecule has 1 saturated carbocycles. The van der Waals surface area contributed by atoms with E-state index < -0.39 is 5.97 Å². The number of carboxylic acids is 1. The number of rotatable bonds is 5. The Morgan fingerprint density at radius 1 is 1.07 bits per heavy atom. The van der Waals surface area contributed by atoms with E-state index in [0.717, 1.165) is 37.4 Å². The molecule has 3 aliphatic rings. The van der Waals surface area contributed by atoms with Crippen molar-refractivity contribution in [3.63, 3.8) is 0 Å². The average Bonchev–Trinajstić information content (AvgIpc) is 3.18. The standard InChI is InChI=1S/C31H40N4O4S/c1-21-7-9-22(10-8-21)28(36)35(26-12-11-24(13-15-31(2,3)4)40-27(26)30(38)39)23-6-5-18-34(19-14-23)29(37)25-20-32-16-17-33-25/h11,16-17,20-23H,5-10,12,14,18-19H2,1-4H3,(H,38,39). The van der Waals surface area contributed by atoms with Crippen LogP contribution in [-0.2, 0) is 9.59 Å². The van der Waals surface area contributed by atoms with Gasteiger partial charge in [0, 0.05) is 55.0 Å². The minimum atomic E-state index is -1.04. The van der Waals surface area contributed by atoms with Gasteiger partial charge in [0.15, 0.2) is 0 Å². The van der Waals surface area contributed by atoms with Crippen LogP contribution in [0.4, 0.5) is 0 Å². The molecule has 9 heteroatoms. The van der Waals surface area contributed by atoms with E-state index in [4.69, 9.17) is 0 Å². The Morgan fingerprint density at radius 3 is 2.48 bits per heavy atom. The molecule has 1 aliphatic carbocycles. The van der Waals surface area contributed by atoms with Gasteiger partial charge >= 0.3 is 5.97 Å². The molecule has 0 aromatic carbocycles. The van der Waals surface area contributed by atoms with Gasteiger partial charge in [-0.25, -0.2) is 9.78 Å². The molecule has 2 amide bonds. The van der Waals surface area contributed by atoms with Crippen LogP contribution in [0.25, 0.3) is 0 Å². The molecule has 1 aromatic rings. The zero-order valence-corrected chi connectivity index (χ0v) is 24.8. The number of likely N-dealkylation sites (tertiary alicyclic amines) is 1. The number of hydrogen-bond donors (Lipinski definition) is 1. The quantitative estimate of drug-likeness (QED) is 0.472. The van der Waals surface area contributed by atoms with E-state index in [2.05, 4.69) is 28.7 Å². The molecule has 1 unspecified atom stereocenters. The van der Waals surface area contributed by atoms with E-state index in [-0.39, 0.29) is 34.1 Å². The van der Waals surface area contributed by atoms with Gasteiger partial charge in [-0.1, -0.05) is 36.6 Å². The van der Waals surface area contributed by atoms with Crippen molar-refractivity contribution in [2.75, 3.05) is 13.1 Å². The van der Waals surface area contributed by atoms with E-state index in [1.807, 2.05) is 31.7 Å². The average molecular weight is 565 g/mol. The number of carbonyl (C=O) groups excluding carboxylic acids is 2. The molecule has 8 nitrogen and oxygen atoms in total. The Labute approximate surface area is 241 Å². The normalized spacial score (nSPS) is 23.9. The molecule has 2 aliphatic heterocycles. The van der Waals surface area contributed by atoms with Crippen molar-refractivity contribution in [1.29, 1.82) is 0 Å². The highest BCUT2D eigenvalue weighted by Gasteiger charge is 2.38. The molecule has 1 aromatic heterocycles. The van der Waals surface area contributed by atoms with E-state index in [1.54, 1.807) is 4.90 Å². The maximum absolute atomic E-state index is 14.2. The zero-order chi connectivity index (χ0) is 28.9. The summed E-state index contributed by atoms with van der Waals surface area (Å²) in [6.07, 6.45) is 12.4. The smallest absolute Gasteiger partial charge is 0.344 e. The molecule has 0 radical (unpaired) electrons. The molecule has 1 saturated heterocycles. The summed E-state index contributed by atoms with van der Waals surface area (Å²) in [4.78, 5) is 52.5. The summed E-state index contributed by atoms with van der Waals surface area (Å²) in [5.74, 6) is 5.64. The van der Waals surface area contributed by atoms with Gasteiger partial charge in [-0.3, -0.25) is 14.6 Å². The summed E-state index contributed by atoms with van der Waals surface area (Å²) in [5, 5.41) is 10.3. The lowest BCUT2D eigenvalue weighted by Gasteiger charge is -2.38. The van der Waals surface area contributed by atoms with Gasteiger partial charge in [-0.15, -0.1) is 0 Å². The van der Waals surface area contributed by atoms with Crippen LogP contribution in [0.2, 0.25) is 0 Å². The van der Waals surface area contributed by atoms with Gasteiger partial charge in [0.2, 0.25) is 5.91 Å². The Bertz CT molecular complexity index is 1230. The van der Waals surface area contributed by atoms with Crippen LogP contribution in [0.15, 0.2) is 40.2 Å². The lowest BCUT2D eigenvalue weighted by molar-refractivity contribution is -0.137. The number of aromatic nitrogens is 2. The van der Waals surface area contributed by atoms with Crippen LogP contribution in [0.1, 0.15) is 89.5 Å². The Hall–Kier alpha value is -3.12. The van der Waals surface area contributed by atoms with Crippen LogP contribution < -0.4 is 0 Å². The highest BCUT2D eigenvalue weighted by Crippen LogP contribution is 2.40. The van der Waals surface area contributed by atoms with E-state index in [9.17, 15) is 19.5 Å². The summed E-state index contributed by atoms with van der Waals surface area (Å²) in [6.45, 7) is 9.30. The number of nitrogens with zero attached hydrogens (tertiary/aromatic N) is 4. The summed E-state index contributed by atoms with van der Waals surface area (Å²) in [6, 6.07) is -0.188. The van der Waals surface area contributed by atoms with E-state index in [0.29, 0.717) is 61.0 Å². The van der Waals surface area contributed by atoms with Gasteiger partial charge in [0.1, 0.15) is 10.6 Å². The summed E-state index contributed by atoms with van der Waals surface area (Å²) < 4.78 is 0. The first-order valence-electron chi connectivity index (χ1n) is 14.3. The fourth-order valence-electron chi connectivity index (χ4n) is 5.54. The molecule has 1 atom stereocenters. The second-order valence-corrected chi connectivity index (χ2v) is 13.1. The Morgan fingerprint density at radius 2 is 1.82 bits per heavy atom. The Balaban J connectivity index is 1.62. The highest BCUT2D eigenvalue weighted by molar-refractivity contribution is 8.07. The largest absolute Gasteiger partial charge is 0.477 e. The maximum Gasteiger partial charge on any atom is 0.344 e. The van der Waals surface area contributed by atoms with Crippen LogP contribution >= 0.6 is 11.8 Å². The number of allylic oxidation sites excluding steroid dienone is 2. The van der Waals surface area contributed by atoms with Crippen molar-refractivity contribution in [1.82, 2.24) is 19.8 Å². The summed E-state index contributed by atoms with van der Waals surface area (Å²) in [5.41, 5.74) is 0.657. The first kappa shape index (κ1) is 29.9. The summed E-state index contributed by atoms with van der Waals surface area (Å²) in [7, 11) is 0. The highest BCUT2D eigenvalue weighted by atomic mass is 32.2. The number of hydrogen-bond acceptors (Lipinski definition) is 6. The van der Waals surface area contributed by atoms with Crippen LogP contribution in [0, 0.1) is 29.1 Å². The number of aliphatic carboxylic acids is 1. The van der Waals surface area contributed by atoms with Crippen LogP contribution in [0.3, 0.4) is 0 Å². The topological polar surface area (TPSA) is 104 Å². The van der Waals surface area contributed by atoms with Crippen LogP contribution in [0.5, 0.6) is 0 Å². The maximum atomic E-state index is 14.2. The van der Waals surface area contributed by atoms with Gasteiger partial charge < -0.3 is 14.9 Å². The third-order valence-corrected chi connectivity index (χ3v) is 8.84. The minimum absolute atomic E-state index is 0.0255. The third kappa shape index (κ3) is 7.54. The van der Waals surface area contributed by atoms with E-state index >= 15 is 0 Å². The van der Waals surface area contributed by atoms with Gasteiger partial charge in [-0.05, 0) is 71.6 Å². The van der Waals surface area contributed by atoms with Crippen molar-refractivity contribution in [2.24, 2.45) is 17.3 Å². The monoisotopic (exact) mass is 564 g/mol. The van der Waals surface area contributed by atoms with Crippen molar-refractivity contribution in [3.8, 4) is 11.8 Å². The van der Waals surface area contributed by atoms with Gasteiger partial charge in [0.25, 0.3) is 5.91 Å². The Kier molecular flexibility index (Phi) is 9.72. The second-order valence-electron chi connectivity index (χ2n) is 12.1. The second kappa shape index (κ2) is 13.0. The van der Waals surface area contributed by atoms with Crippen molar-refractivity contribution in [3.05, 3.63) is 45.9 Å². The van der Waals surface area contributed by atoms with E-state index in [1.165, 1.54) is 18.6 Å². The number of thioether (sulfide) groups is 1. The third-order valence-electron chi connectivity index (χ3n) is 7.74. The van der Waals surface area contributed by atoms with Gasteiger partial charge in [0.05, 0.1) is 11.1 Å².